The van der Waals surface area contributed by atoms with Crippen molar-refractivity contribution in [3.05, 3.63) is 0 Å². The summed E-state index contributed by atoms with van der Waals surface area (Å²) in [7, 11) is 0. The van der Waals surface area contributed by atoms with Gasteiger partial charge in [-0.1, -0.05) is 26.2 Å². The van der Waals surface area contributed by atoms with E-state index in [2.05, 4.69) is 5.32 Å². The van der Waals surface area contributed by atoms with Gasteiger partial charge in [0.05, 0.1) is 12.1 Å². The van der Waals surface area contributed by atoms with Crippen LogP contribution in [0.4, 0.5) is 0 Å². The van der Waals surface area contributed by atoms with E-state index < -0.39 is 5.54 Å². The van der Waals surface area contributed by atoms with Crippen molar-refractivity contribution in [2.75, 3.05) is 6.61 Å². The molecule has 0 aromatic heterocycles. The highest BCUT2D eigenvalue weighted by Crippen LogP contribution is 2.28. The fourth-order valence-corrected chi connectivity index (χ4v) is 2.17. The van der Waals surface area contributed by atoms with E-state index in [4.69, 9.17) is 5.73 Å². The van der Waals surface area contributed by atoms with Crippen LogP contribution < -0.4 is 11.1 Å². The lowest BCUT2D eigenvalue weighted by Gasteiger charge is -2.37. The smallest absolute Gasteiger partial charge is 0.224 e. The lowest BCUT2D eigenvalue weighted by molar-refractivity contribution is -0.128. The summed E-state index contributed by atoms with van der Waals surface area (Å²) >= 11 is 0. The van der Waals surface area contributed by atoms with E-state index >= 15 is 0 Å². The Kier molecular flexibility index (Phi) is 4.74. The van der Waals surface area contributed by atoms with Crippen molar-refractivity contribution in [1.29, 1.82) is 0 Å². The third-order valence-electron chi connectivity index (χ3n) is 3.70. The molecule has 1 rings (SSSR count). The van der Waals surface area contributed by atoms with Crippen molar-refractivity contribution in [2.45, 2.75) is 57.5 Å². The largest absolute Gasteiger partial charge is 0.394 e. The van der Waals surface area contributed by atoms with Crippen LogP contribution >= 0.6 is 0 Å². The Morgan fingerprint density at radius 3 is 2.38 bits per heavy atom. The third kappa shape index (κ3) is 3.19. The monoisotopic (exact) mass is 228 g/mol. The molecule has 0 radical (unpaired) electrons. The molecule has 1 amide bonds. The van der Waals surface area contributed by atoms with Crippen molar-refractivity contribution in [2.24, 2.45) is 11.7 Å². The molecule has 16 heavy (non-hydrogen) atoms. The van der Waals surface area contributed by atoms with E-state index in [1.807, 2.05) is 13.8 Å². The number of rotatable bonds is 4. The van der Waals surface area contributed by atoms with Crippen molar-refractivity contribution in [3.63, 3.8) is 0 Å². The van der Waals surface area contributed by atoms with Crippen LogP contribution in [0, 0.1) is 5.92 Å². The number of nitrogens with one attached hydrogen (secondary N) is 1. The molecule has 0 aromatic carbocycles. The fourth-order valence-electron chi connectivity index (χ4n) is 2.17. The summed E-state index contributed by atoms with van der Waals surface area (Å²) in [4.78, 5) is 11.9. The highest BCUT2D eigenvalue weighted by molar-refractivity contribution is 5.79. The van der Waals surface area contributed by atoms with Crippen LogP contribution in [0.2, 0.25) is 0 Å². The summed E-state index contributed by atoms with van der Waals surface area (Å²) in [6.07, 6.45) is 5.10. The molecule has 1 aliphatic rings. The summed E-state index contributed by atoms with van der Waals surface area (Å²) in [5.41, 5.74) is 5.31. The minimum absolute atomic E-state index is 0.0322. The molecule has 0 saturated heterocycles. The highest BCUT2D eigenvalue weighted by Gasteiger charge is 2.34. The maximum Gasteiger partial charge on any atom is 0.224 e. The molecule has 4 heteroatoms. The predicted octanol–water partition coefficient (Wildman–Crippen LogP) is 0.781. The number of hydrogen-bond acceptors (Lipinski definition) is 3. The zero-order chi connectivity index (χ0) is 12.2. The van der Waals surface area contributed by atoms with Gasteiger partial charge in [-0.3, -0.25) is 4.79 Å². The van der Waals surface area contributed by atoms with E-state index in [0.29, 0.717) is 0 Å². The van der Waals surface area contributed by atoms with Crippen molar-refractivity contribution >= 4 is 5.91 Å². The molecule has 0 aliphatic heterocycles. The average molecular weight is 228 g/mol. The molecule has 2 atom stereocenters. The maximum atomic E-state index is 11.9. The molecule has 1 fully saturated rings. The normalized spacial score (nSPS) is 23.5. The Hall–Kier alpha value is -0.610. The Labute approximate surface area is 97.6 Å². The molecule has 0 spiro atoms. The Morgan fingerprint density at radius 2 is 1.94 bits per heavy atom. The Morgan fingerprint density at radius 1 is 1.38 bits per heavy atom. The number of carbonyl (C=O) groups excluding carboxylic acids is 1. The number of nitrogens with two attached hydrogens (primary N) is 1. The second-order valence-corrected chi connectivity index (χ2v) is 5.14. The first-order valence-electron chi connectivity index (χ1n) is 6.19. The highest BCUT2D eigenvalue weighted by atomic mass is 16.3. The summed E-state index contributed by atoms with van der Waals surface area (Å²) in [5, 5.41) is 12.5. The van der Waals surface area contributed by atoms with E-state index in [0.717, 1.165) is 25.7 Å². The predicted molar refractivity (Wildman–Crippen MR) is 63.9 cm³/mol. The van der Waals surface area contributed by atoms with Crippen LogP contribution in [0.1, 0.15) is 46.0 Å². The van der Waals surface area contributed by atoms with Gasteiger partial charge in [0.2, 0.25) is 5.91 Å². The molecule has 94 valence electrons. The molecule has 0 bridgehead atoms. The summed E-state index contributed by atoms with van der Waals surface area (Å²) < 4.78 is 0. The van der Waals surface area contributed by atoms with Gasteiger partial charge >= 0.3 is 0 Å². The lowest BCUT2D eigenvalue weighted by Crippen LogP contribution is -2.55. The fraction of sp³-hybridized carbons (Fsp3) is 0.917. The number of amides is 1. The van der Waals surface area contributed by atoms with E-state index in [9.17, 15) is 9.90 Å². The molecular weight excluding hydrogens is 204 g/mol. The molecule has 4 N–H and O–H groups in total. The first-order valence-corrected chi connectivity index (χ1v) is 6.19. The molecule has 1 aliphatic carbocycles. The van der Waals surface area contributed by atoms with Gasteiger partial charge in [-0.15, -0.1) is 0 Å². The molecule has 0 aromatic rings. The van der Waals surface area contributed by atoms with Gasteiger partial charge in [-0.05, 0) is 19.8 Å². The number of carbonyl (C=O) groups is 1. The number of aliphatic hydroxyl groups excluding tert-OH is 1. The zero-order valence-electron chi connectivity index (χ0n) is 10.3. The molecule has 4 nitrogen and oxygen atoms in total. The van der Waals surface area contributed by atoms with E-state index in [1.165, 1.54) is 6.42 Å². The van der Waals surface area contributed by atoms with Gasteiger partial charge < -0.3 is 16.2 Å². The minimum Gasteiger partial charge on any atom is -0.394 e. The quantitative estimate of drug-likeness (QED) is 0.665. The lowest BCUT2D eigenvalue weighted by atomic mass is 9.81. The van der Waals surface area contributed by atoms with Gasteiger partial charge in [0.15, 0.2) is 0 Å². The van der Waals surface area contributed by atoms with Crippen LogP contribution in [0.3, 0.4) is 0 Å². The van der Waals surface area contributed by atoms with Crippen LogP contribution in [-0.4, -0.2) is 29.2 Å². The number of aliphatic hydroxyl groups is 1. The zero-order valence-corrected chi connectivity index (χ0v) is 10.3. The molecule has 1 saturated carbocycles. The van der Waals surface area contributed by atoms with Crippen LogP contribution in [0.5, 0.6) is 0 Å². The standard InChI is InChI=1S/C12H24N2O2/c1-9(10(2)13)11(16)14-12(8-15)6-4-3-5-7-12/h9-10,15H,3-8,13H2,1-2H3,(H,14,16). The van der Waals surface area contributed by atoms with Crippen molar-refractivity contribution < 1.29 is 9.90 Å². The van der Waals surface area contributed by atoms with Gasteiger partial charge in [0, 0.05) is 12.0 Å². The molecule has 0 heterocycles. The first kappa shape index (κ1) is 13.5. The summed E-state index contributed by atoms with van der Waals surface area (Å²) in [6.45, 7) is 3.69. The molecular formula is C12H24N2O2. The second kappa shape index (κ2) is 5.64. The molecule has 2 unspecified atom stereocenters. The van der Waals surface area contributed by atoms with Crippen LogP contribution in [-0.2, 0) is 4.79 Å². The van der Waals surface area contributed by atoms with Crippen LogP contribution in [0.25, 0.3) is 0 Å². The topological polar surface area (TPSA) is 75.4 Å². The van der Waals surface area contributed by atoms with Gasteiger partial charge in [0.25, 0.3) is 0 Å². The SMILES string of the molecule is CC(N)C(C)C(=O)NC1(CO)CCCCC1. The second-order valence-electron chi connectivity index (χ2n) is 5.14. The van der Waals surface area contributed by atoms with E-state index in [1.54, 1.807) is 0 Å². The summed E-state index contributed by atoms with van der Waals surface area (Å²) in [5.74, 6) is -0.240. The third-order valence-corrected chi connectivity index (χ3v) is 3.70. The average Bonchev–Trinajstić information content (AvgIpc) is 2.29. The number of hydrogen-bond donors (Lipinski definition) is 3. The Bertz CT molecular complexity index is 235. The van der Waals surface area contributed by atoms with Gasteiger partial charge in [0.1, 0.15) is 0 Å². The minimum atomic E-state index is -0.390. The van der Waals surface area contributed by atoms with Crippen LogP contribution in [0.15, 0.2) is 0 Å². The van der Waals surface area contributed by atoms with E-state index in [-0.39, 0.29) is 24.5 Å². The first-order chi connectivity index (χ1) is 7.51. The van der Waals surface area contributed by atoms with Crippen molar-refractivity contribution in [3.8, 4) is 0 Å². The van der Waals surface area contributed by atoms with Gasteiger partial charge in [-0.25, -0.2) is 0 Å². The van der Waals surface area contributed by atoms with Gasteiger partial charge in [-0.2, -0.15) is 0 Å². The van der Waals surface area contributed by atoms with Crippen molar-refractivity contribution in [1.82, 2.24) is 5.32 Å². The Balaban J connectivity index is 2.58. The summed E-state index contributed by atoms with van der Waals surface area (Å²) in [6, 6.07) is -0.153. The maximum absolute atomic E-state index is 11.9.